The van der Waals surface area contributed by atoms with E-state index >= 15 is 0 Å². The van der Waals surface area contributed by atoms with E-state index in [2.05, 4.69) is 11.9 Å². The van der Waals surface area contributed by atoms with Gasteiger partial charge in [-0.3, -0.25) is 4.79 Å². The third kappa shape index (κ3) is 2.84. The fraction of sp³-hybridized carbons (Fsp3) is 0.444. The van der Waals surface area contributed by atoms with Crippen LogP contribution in [0.4, 0.5) is 4.79 Å². The lowest BCUT2D eigenvalue weighted by atomic mass is 10.1. The fourth-order valence-corrected chi connectivity index (χ4v) is 3.14. The van der Waals surface area contributed by atoms with Crippen LogP contribution < -0.4 is 0 Å². The third-order valence-corrected chi connectivity index (χ3v) is 4.67. The Bertz CT molecular complexity index is 773. The lowest BCUT2D eigenvalue weighted by Crippen LogP contribution is -2.50. The van der Waals surface area contributed by atoms with Crippen molar-refractivity contribution in [2.24, 2.45) is 0 Å². The highest BCUT2D eigenvalue weighted by molar-refractivity contribution is 6.06. The first kappa shape index (κ1) is 16.4. The monoisotopic (exact) mass is 329 g/mol. The maximum absolute atomic E-state index is 12.9. The van der Waals surface area contributed by atoms with Gasteiger partial charge >= 0.3 is 6.09 Å². The molecule has 128 valence electrons. The summed E-state index contributed by atoms with van der Waals surface area (Å²) in [4.78, 5) is 31.4. The Morgan fingerprint density at radius 1 is 1.12 bits per heavy atom. The predicted octanol–water partition coefficient (Wildman–Crippen LogP) is 2.70. The van der Waals surface area contributed by atoms with Crippen molar-refractivity contribution in [3.05, 3.63) is 35.0 Å². The number of nitrogens with zero attached hydrogens (tertiary/aromatic N) is 2. The van der Waals surface area contributed by atoms with Crippen LogP contribution in [-0.2, 0) is 4.74 Å². The maximum Gasteiger partial charge on any atom is 0.409 e. The number of rotatable bonds is 2. The van der Waals surface area contributed by atoms with E-state index in [-0.39, 0.29) is 12.0 Å². The predicted molar refractivity (Wildman–Crippen MR) is 92.3 cm³/mol. The van der Waals surface area contributed by atoms with Gasteiger partial charge in [0.05, 0.1) is 17.7 Å². The lowest BCUT2D eigenvalue weighted by Gasteiger charge is -2.34. The summed E-state index contributed by atoms with van der Waals surface area (Å²) in [6.45, 7) is 8.28. The second-order valence-electron chi connectivity index (χ2n) is 6.08. The van der Waals surface area contributed by atoms with Gasteiger partial charge in [0.25, 0.3) is 5.91 Å². The molecule has 1 aromatic heterocycles. The van der Waals surface area contributed by atoms with E-state index in [0.717, 1.165) is 16.6 Å². The van der Waals surface area contributed by atoms with Gasteiger partial charge in [0.1, 0.15) is 0 Å². The molecular formula is C18H23N3O3. The number of benzene rings is 1. The Kier molecular flexibility index (Phi) is 4.46. The molecule has 0 atom stereocenters. The number of para-hydroxylation sites is 1. The summed E-state index contributed by atoms with van der Waals surface area (Å²) in [5.74, 6) is 0.00496. The van der Waals surface area contributed by atoms with Gasteiger partial charge in [0, 0.05) is 37.3 Å². The van der Waals surface area contributed by atoms with E-state index in [1.807, 2.05) is 25.1 Å². The molecule has 1 saturated heterocycles. The average molecular weight is 329 g/mol. The van der Waals surface area contributed by atoms with Gasteiger partial charge in [-0.05, 0) is 32.4 Å². The molecular weight excluding hydrogens is 306 g/mol. The molecule has 0 saturated carbocycles. The van der Waals surface area contributed by atoms with Crippen LogP contribution in [0.1, 0.15) is 28.5 Å². The smallest absolute Gasteiger partial charge is 0.409 e. The summed E-state index contributed by atoms with van der Waals surface area (Å²) in [6, 6.07) is 5.81. The molecule has 0 spiro atoms. The zero-order valence-electron chi connectivity index (χ0n) is 14.4. The normalized spacial score (nSPS) is 15.0. The molecule has 1 N–H and O–H groups in total. The number of carbonyl (C=O) groups is 2. The second kappa shape index (κ2) is 6.55. The first-order valence-corrected chi connectivity index (χ1v) is 8.31. The van der Waals surface area contributed by atoms with Crippen LogP contribution in [0.3, 0.4) is 0 Å². The van der Waals surface area contributed by atoms with Crippen LogP contribution in [0.5, 0.6) is 0 Å². The number of aryl methyl sites for hydroxylation is 2. The SMILES string of the molecule is CCOC(=O)N1CCN(C(=O)c2cccc3c(C)c(C)[nH]c23)CC1. The molecule has 0 radical (unpaired) electrons. The van der Waals surface area contributed by atoms with Crippen molar-refractivity contribution in [1.82, 2.24) is 14.8 Å². The number of aromatic nitrogens is 1. The summed E-state index contributed by atoms with van der Waals surface area (Å²) in [5.41, 5.74) is 3.84. The van der Waals surface area contributed by atoms with Gasteiger partial charge in [-0.15, -0.1) is 0 Å². The van der Waals surface area contributed by atoms with E-state index in [4.69, 9.17) is 4.74 Å². The highest BCUT2D eigenvalue weighted by Gasteiger charge is 2.26. The van der Waals surface area contributed by atoms with E-state index in [9.17, 15) is 9.59 Å². The zero-order valence-corrected chi connectivity index (χ0v) is 14.4. The summed E-state index contributed by atoms with van der Waals surface area (Å²) in [5, 5.41) is 1.09. The minimum atomic E-state index is -0.303. The molecule has 2 heterocycles. The number of amides is 2. The maximum atomic E-state index is 12.9. The molecule has 24 heavy (non-hydrogen) atoms. The molecule has 1 aliphatic rings. The number of fused-ring (bicyclic) bond motifs is 1. The van der Waals surface area contributed by atoms with Crippen LogP contribution in [0.25, 0.3) is 10.9 Å². The van der Waals surface area contributed by atoms with Crippen LogP contribution in [0.2, 0.25) is 0 Å². The minimum absolute atomic E-state index is 0.00496. The average Bonchev–Trinajstić information content (AvgIpc) is 2.89. The Morgan fingerprint density at radius 2 is 1.79 bits per heavy atom. The summed E-state index contributed by atoms with van der Waals surface area (Å²) >= 11 is 0. The molecule has 2 aromatic rings. The number of nitrogens with one attached hydrogen (secondary N) is 1. The molecule has 1 aliphatic heterocycles. The Morgan fingerprint density at radius 3 is 2.46 bits per heavy atom. The molecule has 2 amide bonds. The molecule has 0 unspecified atom stereocenters. The van der Waals surface area contributed by atoms with Crippen molar-refractivity contribution < 1.29 is 14.3 Å². The molecule has 6 heteroatoms. The standard InChI is InChI=1S/C18H23N3O3/c1-4-24-18(23)21-10-8-20(9-11-21)17(22)15-7-5-6-14-12(2)13(3)19-16(14)15/h5-7,19H,4,8-11H2,1-3H3. The van der Waals surface area contributed by atoms with Crippen molar-refractivity contribution in [1.29, 1.82) is 0 Å². The topological polar surface area (TPSA) is 65.6 Å². The van der Waals surface area contributed by atoms with Gasteiger partial charge in [-0.2, -0.15) is 0 Å². The largest absolute Gasteiger partial charge is 0.450 e. The summed E-state index contributed by atoms with van der Waals surface area (Å²) in [7, 11) is 0. The molecule has 0 aliphatic carbocycles. The highest BCUT2D eigenvalue weighted by atomic mass is 16.6. The van der Waals surface area contributed by atoms with Gasteiger partial charge < -0.3 is 19.5 Å². The first-order valence-electron chi connectivity index (χ1n) is 8.31. The summed E-state index contributed by atoms with van der Waals surface area (Å²) < 4.78 is 5.01. The Labute approximate surface area is 141 Å². The minimum Gasteiger partial charge on any atom is -0.450 e. The Hall–Kier alpha value is -2.50. The molecule has 3 rings (SSSR count). The van der Waals surface area contributed by atoms with Crippen LogP contribution >= 0.6 is 0 Å². The summed E-state index contributed by atoms with van der Waals surface area (Å²) in [6.07, 6.45) is -0.303. The van der Waals surface area contributed by atoms with Crippen molar-refractivity contribution in [3.8, 4) is 0 Å². The van der Waals surface area contributed by atoms with Crippen LogP contribution in [-0.4, -0.2) is 59.6 Å². The lowest BCUT2D eigenvalue weighted by molar-refractivity contribution is 0.0572. The number of ether oxygens (including phenoxy) is 1. The quantitative estimate of drug-likeness (QED) is 0.921. The van der Waals surface area contributed by atoms with E-state index in [0.29, 0.717) is 38.3 Å². The van der Waals surface area contributed by atoms with Crippen molar-refractivity contribution in [3.63, 3.8) is 0 Å². The fourth-order valence-electron chi connectivity index (χ4n) is 3.14. The van der Waals surface area contributed by atoms with Crippen molar-refractivity contribution in [2.45, 2.75) is 20.8 Å². The number of carbonyl (C=O) groups excluding carboxylic acids is 2. The Balaban J connectivity index is 1.77. The zero-order chi connectivity index (χ0) is 17.3. The van der Waals surface area contributed by atoms with Gasteiger partial charge in [0.2, 0.25) is 0 Å². The van der Waals surface area contributed by atoms with Gasteiger partial charge in [-0.25, -0.2) is 4.79 Å². The van der Waals surface area contributed by atoms with E-state index in [1.54, 1.807) is 16.7 Å². The van der Waals surface area contributed by atoms with Crippen LogP contribution in [0, 0.1) is 13.8 Å². The third-order valence-electron chi connectivity index (χ3n) is 4.67. The van der Waals surface area contributed by atoms with E-state index in [1.165, 1.54) is 5.56 Å². The molecule has 6 nitrogen and oxygen atoms in total. The second-order valence-corrected chi connectivity index (χ2v) is 6.08. The van der Waals surface area contributed by atoms with Crippen LogP contribution in [0.15, 0.2) is 18.2 Å². The number of hydrogen-bond acceptors (Lipinski definition) is 3. The number of hydrogen-bond donors (Lipinski definition) is 1. The van der Waals surface area contributed by atoms with Crippen molar-refractivity contribution in [2.75, 3.05) is 32.8 Å². The van der Waals surface area contributed by atoms with Crippen molar-refractivity contribution >= 4 is 22.9 Å². The number of aromatic amines is 1. The first-order chi connectivity index (χ1) is 11.5. The molecule has 1 fully saturated rings. The van der Waals surface area contributed by atoms with Gasteiger partial charge in [0.15, 0.2) is 0 Å². The van der Waals surface area contributed by atoms with Gasteiger partial charge in [-0.1, -0.05) is 12.1 Å². The highest BCUT2D eigenvalue weighted by Crippen LogP contribution is 2.25. The number of H-pyrrole nitrogens is 1. The molecule has 0 bridgehead atoms. The molecule has 1 aromatic carbocycles. The number of piperazine rings is 1. The van der Waals surface area contributed by atoms with E-state index < -0.39 is 0 Å².